The third kappa shape index (κ3) is 3.24. The van der Waals surface area contributed by atoms with Crippen LogP contribution < -0.4 is 30.0 Å². The van der Waals surface area contributed by atoms with E-state index in [1.165, 1.54) is 11.7 Å². The first kappa shape index (κ1) is 21.0. The predicted octanol–water partition coefficient (Wildman–Crippen LogP) is 1.88. The van der Waals surface area contributed by atoms with E-state index in [0.717, 1.165) is 11.3 Å². The first-order valence-electron chi connectivity index (χ1n) is 9.59. The van der Waals surface area contributed by atoms with Crippen LogP contribution in [-0.2, 0) is 0 Å². The van der Waals surface area contributed by atoms with Gasteiger partial charge in [0.05, 0.1) is 48.0 Å². The van der Waals surface area contributed by atoms with E-state index >= 15 is 0 Å². The van der Waals surface area contributed by atoms with Crippen LogP contribution in [0.1, 0.15) is 17.0 Å². The molecule has 0 amide bonds. The van der Waals surface area contributed by atoms with Crippen LogP contribution in [-0.4, -0.2) is 18.8 Å². The number of ether oxygens (including phenoxy) is 2. The fourth-order valence-electron chi connectivity index (χ4n) is 3.79. The van der Waals surface area contributed by atoms with Gasteiger partial charge in [-0.15, -0.1) is 11.3 Å². The molecule has 0 saturated heterocycles. The van der Waals surface area contributed by atoms with E-state index in [9.17, 15) is 15.3 Å². The lowest BCUT2D eigenvalue weighted by atomic mass is 9.84. The zero-order valence-electron chi connectivity index (χ0n) is 17.3. The highest BCUT2D eigenvalue weighted by molar-refractivity contribution is 7.07. The maximum atomic E-state index is 13.2. The highest BCUT2D eigenvalue weighted by Gasteiger charge is 2.33. The Morgan fingerprint density at radius 3 is 2.28 bits per heavy atom. The van der Waals surface area contributed by atoms with Gasteiger partial charge in [-0.05, 0) is 18.2 Å². The number of aromatic nitrogens is 1. The van der Waals surface area contributed by atoms with Gasteiger partial charge in [-0.3, -0.25) is 9.36 Å². The van der Waals surface area contributed by atoms with Crippen LogP contribution in [0, 0.1) is 22.7 Å². The van der Waals surface area contributed by atoms with Crippen LogP contribution in [0.15, 0.2) is 58.9 Å². The summed E-state index contributed by atoms with van der Waals surface area (Å²) in [6, 6.07) is 18.8. The van der Waals surface area contributed by atoms with Gasteiger partial charge in [0.2, 0.25) is 0 Å². The molecule has 1 aliphatic rings. The zero-order valence-corrected chi connectivity index (χ0v) is 18.1. The van der Waals surface area contributed by atoms with E-state index < -0.39 is 11.5 Å². The molecule has 0 bridgehead atoms. The summed E-state index contributed by atoms with van der Waals surface area (Å²) in [6.07, 6.45) is 1.70. The van der Waals surface area contributed by atoms with Gasteiger partial charge in [0.1, 0.15) is 22.0 Å². The van der Waals surface area contributed by atoms with Gasteiger partial charge in [-0.2, -0.15) is 10.5 Å². The highest BCUT2D eigenvalue weighted by Crippen LogP contribution is 2.39. The number of para-hydroxylation sites is 2. The first-order valence-corrected chi connectivity index (χ1v) is 10.4. The third-order valence-corrected chi connectivity index (χ3v) is 6.37. The number of nitriles is 2. The standard InChI is InChI=1S/C24H18N4O3S/c1-30-18-9-5-3-7-14(18)11-20-23(29)28-22(27)16(12-25)21(17(13-26)24(28)32-20)15-8-4-6-10-19(15)31-2/h3-11,21H,27H2,1-2H3/b20-11-/t21-/m1/s1. The molecule has 2 heterocycles. The Morgan fingerprint density at radius 1 is 1.00 bits per heavy atom. The summed E-state index contributed by atoms with van der Waals surface area (Å²) in [7, 11) is 3.08. The minimum Gasteiger partial charge on any atom is -0.496 e. The number of hydrogen-bond donors (Lipinski definition) is 1. The van der Waals surface area contributed by atoms with E-state index in [4.69, 9.17) is 15.2 Å². The average Bonchev–Trinajstić information content (AvgIpc) is 3.15. The number of benzene rings is 2. The van der Waals surface area contributed by atoms with Crippen LogP contribution in [0.25, 0.3) is 17.5 Å². The summed E-state index contributed by atoms with van der Waals surface area (Å²) in [5.74, 6) is 0.413. The highest BCUT2D eigenvalue weighted by atomic mass is 32.1. The molecule has 0 saturated carbocycles. The average molecular weight is 443 g/mol. The van der Waals surface area contributed by atoms with Gasteiger partial charge in [0.25, 0.3) is 5.56 Å². The van der Waals surface area contributed by atoms with Crippen molar-refractivity contribution in [1.29, 1.82) is 10.5 Å². The molecule has 158 valence electrons. The molecule has 8 heteroatoms. The zero-order chi connectivity index (χ0) is 22.8. The molecule has 3 aromatic rings. The summed E-state index contributed by atoms with van der Waals surface area (Å²) in [5, 5.41) is 20.0. The van der Waals surface area contributed by atoms with E-state index in [-0.39, 0.29) is 17.0 Å². The Balaban J connectivity index is 2.08. The number of allylic oxidation sites excluding steroid dienone is 1. The second kappa shape index (κ2) is 8.46. The molecule has 1 atom stereocenters. The second-order valence-corrected chi connectivity index (χ2v) is 7.94. The van der Waals surface area contributed by atoms with Crippen molar-refractivity contribution in [2.45, 2.75) is 5.92 Å². The van der Waals surface area contributed by atoms with E-state index in [1.807, 2.05) is 18.2 Å². The van der Waals surface area contributed by atoms with Crippen LogP contribution in [0.2, 0.25) is 0 Å². The van der Waals surface area contributed by atoms with Crippen molar-refractivity contribution in [3.63, 3.8) is 0 Å². The van der Waals surface area contributed by atoms with Crippen molar-refractivity contribution in [3.05, 3.63) is 84.8 Å². The summed E-state index contributed by atoms with van der Waals surface area (Å²) < 4.78 is 12.8. The van der Waals surface area contributed by atoms with E-state index in [1.54, 1.807) is 43.5 Å². The lowest BCUT2D eigenvalue weighted by Crippen LogP contribution is -2.38. The van der Waals surface area contributed by atoms with Crippen molar-refractivity contribution in [2.75, 3.05) is 14.2 Å². The predicted molar refractivity (Wildman–Crippen MR) is 122 cm³/mol. The van der Waals surface area contributed by atoms with Crippen molar-refractivity contribution in [2.24, 2.45) is 5.73 Å². The Hall–Kier alpha value is -4.27. The summed E-state index contributed by atoms with van der Waals surface area (Å²) in [4.78, 5) is 13.2. The van der Waals surface area contributed by atoms with Gasteiger partial charge < -0.3 is 15.2 Å². The molecule has 4 rings (SSSR count). The fourth-order valence-corrected chi connectivity index (χ4v) is 4.91. The normalized spacial score (nSPS) is 15.7. The Kier molecular flexibility index (Phi) is 5.55. The molecule has 0 unspecified atom stereocenters. The molecule has 1 aromatic heterocycles. The molecule has 2 aromatic carbocycles. The Bertz CT molecular complexity index is 1520. The molecular weight excluding hydrogens is 424 g/mol. The van der Waals surface area contributed by atoms with Crippen LogP contribution in [0.4, 0.5) is 0 Å². The lowest BCUT2D eigenvalue weighted by molar-refractivity contribution is 0.409. The number of thiazole rings is 1. The second-order valence-electron chi connectivity index (χ2n) is 6.91. The molecule has 0 spiro atoms. The van der Waals surface area contributed by atoms with Crippen molar-refractivity contribution < 1.29 is 9.47 Å². The van der Waals surface area contributed by atoms with Crippen molar-refractivity contribution >= 4 is 28.8 Å². The number of rotatable bonds is 4. The van der Waals surface area contributed by atoms with Gasteiger partial charge in [0.15, 0.2) is 0 Å². The van der Waals surface area contributed by atoms with Crippen LogP contribution >= 0.6 is 11.3 Å². The molecule has 32 heavy (non-hydrogen) atoms. The largest absolute Gasteiger partial charge is 0.496 e. The van der Waals surface area contributed by atoms with Gasteiger partial charge in [-0.25, -0.2) is 0 Å². The van der Waals surface area contributed by atoms with Crippen LogP contribution in [0.5, 0.6) is 11.5 Å². The minimum absolute atomic E-state index is 0.0123. The fraction of sp³-hybridized carbons (Fsp3) is 0.125. The summed E-state index contributed by atoms with van der Waals surface area (Å²) in [5.41, 5.74) is 7.67. The number of fused-ring (bicyclic) bond motifs is 1. The number of nitrogens with zero attached hydrogens (tertiary/aromatic N) is 3. The van der Waals surface area contributed by atoms with E-state index in [0.29, 0.717) is 31.8 Å². The topological polar surface area (TPSA) is 114 Å². The number of methoxy groups -OCH3 is 2. The minimum atomic E-state index is -0.738. The van der Waals surface area contributed by atoms with Gasteiger partial charge in [0, 0.05) is 11.1 Å². The van der Waals surface area contributed by atoms with E-state index in [2.05, 4.69) is 12.1 Å². The van der Waals surface area contributed by atoms with Crippen molar-refractivity contribution in [1.82, 2.24) is 4.57 Å². The lowest BCUT2D eigenvalue weighted by Gasteiger charge is -2.23. The maximum Gasteiger partial charge on any atom is 0.274 e. The smallest absolute Gasteiger partial charge is 0.274 e. The molecule has 7 nitrogen and oxygen atoms in total. The third-order valence-electron chi connectivity index (χ3n) is 5.26. The van der Waals surface area contributed by atoms with Gasteiger partial charge >= 0.3 is 0 Å². The monoisotopic (exact) mass is 442 g/mol. The summed E-state index contributed by atoms with van der Waals surface area (Å²) >= 11 is 1.15. The maximum absolute atomic E-state index is 13.2. The molecule has 0 radical (unpaired) electrons. The van der Waals surface area contributed by atoms with Crippen molar-refractivity contribution in [3.8, 4) is 23.6 Å². The molecule has 1 aliphatic heterocycles. The SMILES string of the molecule is COc1ccccc1/C=c1\sc2n(c1=O)C(N)=C(C#N)[C@@H](c1ccccc1OC)C=2C#N. The summed E-state index contributed by atoms with van der Waals surface area (Å²) in [6.45, 7) is 0. The van der Waals surface area contributed by atoms with Gasteiger partial charge in [-0.1, -0.05) is 36.4 Å². The number of nitrogens with two attached hydrogens (primary N) is 1. The first-order chi connectivity index (χ1) is 15.5. The Morgan fingerprint density at radius 2 is 1.62 bits per heavy atom. The number of hydrogen-bond acceptors (Lipinski definition) is 7. The molecular formula is C24H18N4O3S. The Labute approximate surface area is 187 Å². The van der Waals surface area contributed by atoms with Crippen LogP contribution in [0.3, 0.4) is 0 Å². The quantitative estimate of drug-likeness (QED) is 0.660. The molecule has 0 fully saturated rings. The molecule has 2 N–H and O–H groups in total. The molecule has 0 aliphatic carbocycles.